The molecule has 0 spiro atoms. The first kappa shape index (κ1) is 71.9. The van der Waals surface area contributed by atoms with Crippen LogP contribution in [0.2, 0.25) is 0 Å². The van der Waals surface area contributed by atoms with Gasteiger partial charge in [-0.05, 0) is 248 Å². The summed E-state index contributed by atoms with van der Waals surface area (Å²) >= 11 is 0. The Labute approximate surface area is 704 Å². The Morgan fingerprint density at radius 1 is 0.116 bits per heavy atom. The summed E-state index contributed by atoms with van der Waals surface area (Å²) in [5.41, 5.74) is 24.0. The van der Waals surface area contributed by atoms with Crippen molar-refractivity contribution >= 4 is 129 Å². The van der Waals surface area contributed by atoms with Crippen LogP contribution in [0.5, 0.6) is 0 Å². The average Bonchev–Trinajstić information content (AvgIpc) is 0.731. The molecule has 0 aliphatic rings. The molecule has 0 radical (unpaired) electrons. The van der Waals surface area contributed by atoms with Gasteiger partial charge in [0.2, 0.25) is 0 Å². The minimum atomic E-state index is 1.23. The minimum absolute atomic E-state index is 1.23. The van der Waals surface area contributed by atoms with Crippen molar-refractivity contribution in [1.29, 1.82) is 0 Å². The first-order valence-corrected chi connectivity index (χ1v) is 42.0. The van der Waals surface area contributed by atoms with Gasteiger partial charge < -0.3 is 0 Å². The molecule has 0 heteroatoms. The molecule has 0 atom stereocenters. The van der Waals surface area contributed by atoms with Gasteiger partial charge in [-0.2, -0.15) is 0 Å². The Hall–Kier alpha value is -15.6. The van der Waals surface area contributed by atoms with Gasteiger partial charge in [0.15, 0.2) is 0 Å². The smallest absolute Gasteiger partial charge is 0.00199 e. The van der Waals surface area contributed by atoms with Gasteiger partial charge in [-0.15, -0.1) is 0 Å². The van der Waals surface area contributed by atoms with Crippen LogP contribution in [0, 0.1) is 6.92 Å². The second-order valence-electron chi connectivity index (χ2n) is 31.9. The molecular formula is C121H80. The van der Waals surface area contributed by atoms with Gasteiger partial charge >= 0.3 is 0 Å². The summed E-state index contributed by atoms with van der Waals surface area (Å²) in [4.78, 5) is 0. The Morgan fingerprint density at radius 2 is 0.380 bits per heavy atom. The van der Waals surface area contributed by atoms with Crippen LogP contribution < -0.4 is 0 Å². The molecule has 0 N–H and O–H groups in total. The van der Waals surface area contributed by atoms with Gasteiger partial charge in [-0.1, -0.05) is 461 Å². The van der Waals surface area contributed by atoms with Crippen molar-refractivity contribution in [2.75, 3.05) is 0 Å². The van der Waals surface area contributed by atoms with Crippen molar-refractivity contribution in [3.63, 3.8) is 0 Å². The van der Waals surface area contributed by atoms with Crippen molar-refractivity contribution in [2.45, 2.75) is 6.92 Å². The van der Waals surface area contributed by atoms with Crippen LogP contribution in [0.3, 0.4) is 0 Å². The average molecular weight is 1530 g/mol. The van der Waals surface area contributed by atoms with Gasteiger partial charge in [0, 0.05) is 0 Å². The summed E-state index contributed by atoms with van der Waals surface area (Å²) in [6.45, 7) is 2.17. The summed E-state index contributed by atoms with van der Waals surface area (Å²) in [7, 11) is 0. The lowest BCUT2D eigenvalue weighted by Gasteiger charge is -2.20. The standard InChI is InChI=1S/C48H30.C46H30.C27H20/c1-2-14-32(15-3-1)46-40-22-10-12-24-42(40)47(43-25-13-11-23-41(43)46)33-28-26-31(27-29-33)44-30-45-36-18-5-4-16-34(36)35-17-6-8-20-38(35)48(45)39-21-9-7-19-37(39)44;1-2-13-33(14-3-1)37-28-29-44(39-17-7-6-16-38(37)39)46-42-20-10-8-18-40(42)45(41-19-9-11-21-43(41)46)34-25-22-32(23-26-34)36-27-24-31-12-4-5-15-35(31)30-36;1-19-16-17-24-25(18-19)27(21-12-6-3-7-13-21)23-15-9-8-14-22(23)26(24)20-10-4-2-5-11-20/h1-30H;1-30H;2-18H,1H3. The van der Waals surface area contributed by atoms with Gasteiger partial charge in [0.25, 0.3) is 0 Å². The molecular weight excluding hydrogens is 1450 g/mol. The highest BCUT2D eigenvalue weighted by Crippen LogP contribution is 2.51. The van der Waals surface area contributed by atoms with E-state index in [4.69, 9.17) is 0 Å². The molecule has 0 unspecified atom stereocenters. The van der Waals surface area contributed by atoms with Crippen molar-refractivity contribution in [3.8, 4) is 100 Å². The van der Waals surface area contributed by atoms with Crippen LogP contribution in [0.25, 0.3) is 229 Å². The van der Waals surface area contributed by atoms with Crippen molar-refractivity contribution in [1.82, 2.24) is 0 Å². The third kappa shape index (κ3) is 12.7. The normalized spacial score (nSPS) is 11.5. The molecule has 0 aliphatic heterocycles. The zero-order valence-electron chi connectivity index (χ0n) is 67.0. The number of fused-ring (bicyclic) bond motifs is 16. The molecule has 0 nitrogen and oxygen atoms in total. The maximum atomic E-state index is 2.43. The first-order valence-electron chi connectivity index (χ1n) is 42.0. The lowest BCUT2D eigenvalue weighted by molar-refractivity contribution is 1.51. The van der Waals surface area contributed by atoms with Crippen LogP contribution in [-0.4, -0.2) is 0 Å². The second kappa shape index (κ2) is 30.8. The molecule has 0 bridgehead atoms. The molecule has 0 saturated heterocycles. The Bertz CT molecular complexity index is 8030. The first-order chi connectivity index (χ1) is 60.0. The van der Waals surface area contributed by atoms with E-state index in [2.05, 4.69) is 474 Å². The van der Waals surface area contributed by atoms with Crippen LogP contribution >= 0.6 is 0 Å². The molecule has 0 amide bonds. The molecule has 564 valence electrons. The zero-order valence-corrected chi connectivity index (χ0v) is 67.0. The van der Waals surface area contributed by atoms with E-state index in [1.54, 1.807) is 0 Å². The van der Waals surface area contributed by atoms with E-state index in [9.17, 15) is 0 Å². The predicted molar refractivity (Wildman–Crippen MR) is 523 cm³/mol. The summed E-state index contributed by atoms with van der Waals surface area (Å²) in [6.07, 6.45) is 0. The minimum Gasteiger partial charge on any atom is -0.0622 e. The molecule has 0 heterocycles. The molecule has 0 saturated carbocycles. The highest BCUT2D eigenvalue weighted by molar-refractivity contribution is 6.34. The zero-order chi connectivity index (χ0) is 80.3. The predicted octanol–water partition coefficient (Wildman–Crippen LogP) is 34.2. The van der Waals surface area contributed by atoms with Crippen LogP contribution in [0.1, 0.15) is 5.56 Å². The topological polar surface area (TPSA) is 0 Å². The molecule has 0 fully saturated rings. The van der Waals surface area contributed by atoms with E-state index in [1.165, 1.54) is 235 Å². The van der Waals surface area contributed by atoms with E-state index in [0.29, 0.717) is 0 Å². The third-order valence-corrected chi connectivity index (χ3v) is 25.0. The summed E-state index contributed by atoms with van der Waals surface area (Å²) < 4.78 is 0. The van der Waals surface area contributed by atoms with Crippen molar-refractivity contribution in [2.24, 2.45) is 0 Å². The van der Waals surface area contributed by atoms with Gasteiger partial charge in [0.05, 0.1) is 0 Å². The molecule has 24 rings (SSSR count). The lowest BCUT2D eigenvalue weighted by Crippen LogP contribution is -1.92. The number of rotatable bonds is 9. The van der Waals surface area contributed by atoms with Gasteiger partial charge in [-0.3, -0.25) is 0 Å². The number of aryl methyl sites for hydroxylation is 1. The Morgan fingerprint density at radius 3 is 0.818 bits per heavy atom. The monoisotopic (exact) mass is 1530 g/mol. The fourth-order valence-corrected chi connectivity index (χ4v) is 19.6. The highest BCUT2D eigenvalue weighted by Gasteiger charge is 2.23. The number of hydrogen-bond donors (Lipinski definition) is 0. The van der Waals surface area contributed by atoms with E-state index in [-0.39, 0.29) is 0 Å². The fourth-order valence-electron chi connectivity index (χ4n) is 19.6. The maximum absolute atomic E-state index is 2.43. The summed E-state index contributed by atoms with van der Waals surface area (Å²) in [6, 6.07) is 171. The van der Waals surface area contributed by atoms with Crippen LogP contribution in [0.4, 0.5) is 0 Å². The molecule has 24 aromatic carbocycles. The summed E-state index contributed by atoms with van der Waals surface area (Å²) in [5.74, 6) is 0. The Balaban J connectivity index is 0.000000113. The number of hydrogen-bond acceptors (Lipinski definition) is 0. The van der Waals surface area contributed by atoms with Crippen LogP contribution in [-0.2, 0) is 0 Å². The van der Waals surface area contributed by atoms with E-state index in [0.717, 1.165) is 0 Å². The largest absolute Gasteiger partial charge is 0.0622 e. The highest BCUT2D eigenvalue weighted by atomic mass is 14.3. The molecule has 121 heavy (non-hydrogen) atoms. The van der Waals surface area contributed by atoms with Crippen molar-refractivity contribution in [3.05, 3.63) is 473 Å². The van der Waals surface area contributed by atoms with Crippen LogP contribution in [0.15, 0.2) is 467 Å². The van der Waals surface area contributed by atoms with E-state index in [1.807, 2.05) is 0 Å². The van der Waals surface area contributed by atoms with E-state index < -0.39 is 0 Å². The molecule has 24 aromatic rings. The van der Waals surface area contributed by atoms with Crippen molar-refractivity contribution < 1.29 is 0 Å². The maximum Gasteiger partial charge on any atom is -0.00199 e. The lowest BCUT2D eigenvalue weighted by atomic mass is 9.83. The SMILES string of the molecule is Cc1ccc2c(-c3ccccc3)c3ccccc3c(-c3ccccc3)c2c1.c1ccc(-c2c3ccccc3c(-c3ccc(-c4cc5c6ccccc6c6ccccc6c5c5ccccc45)cc3)c3ccccc23)cc1.c1ccc(-c2ccc(-c3c4ccccc4c(-c4ccc(-c5ccc6ccccc6c5)cc4)c4ccccc34)c3ccccc23)cc1. The fraction of sp³-hybridized carbons (Fsp3) is 0.00826. The molecule has 0 aromatic heterocycles. The molecule has 0 aliphatic carbocycles. The number of benzene rings is 24. The quantitative estimate of drug-likeness (QED) is 0.0998. The van der Waals surface area contributed by atoms with Gasteiger partial charge in [-0.25, -0.2) is 0 Å². The Kier molecular flexibility index (Phi) is 18.3. The van der Waals surface area contributed by atoms with E-state index >= 15 is 0 Å². The van der Waals surface area contributed by atoms with Gasteiger partial charge in [0.1, 0.15) is 0 Å². The third-order valence-electron chi connectivity index (χ3n) is 25.0. The summed E-state index contributed by atoms with van der Waals surface area (Å²) in [5, 5.41) is 30.9. The second-order valence-corrected chi connectivity index (χ2v) is 31.9.